The van der Waals surface area contributed by atoms with Crippen LogP contribution in [-0.4, -0.2) is 18.1 Å². The van der Waals surface area contributed by atoms with Crippen molar-refractivity contribution >= 4 is 16.9 Å². The number of hydrogen-bond donors (Lipinski definition) is 1. The van der Waals surface area contributed by atoms with Crippen molar-refractivity contribution in [3.63, 3.8) is 0 Å². The van der Waals surface area contributed by atoms with Gasteiger partial charge in [-0.25, -0.2) is 4.79 Å². The summed E-state index contributed by atoms with van der Waals surface area (Å²) in [7, 11) is 1.39. The molecule has 2 aromatic rings. The van der Waals surface area contributed by atoms with E-state index in [0.29, 0.717) is 5.69 Å². The largest absolute Gasteiger partial charge is 0.464 e. The predicted molar refractivity (Wildman–Crippen MR) is 59.1 cm³/mol. The SMILES string of the molecule is COC(=O)c1[nH]c2ccc(C)cc2c1C. The molecule has 0 aliphatic heterocycles. The Morgan fingerprint density at radius 1 is 1.33 bits per heavy atom. The zero-order chi connectivity index (χ0) is 11.0. The molecule has 0 aliphatic rings. The van der Waals surface area contributed by atoms with Gasteiger partial charge in [0.1, 0.15) is 5.69 Å². The lowest BCUT2D eigenvalue weighted by Crippen LogP contribution is -2.02. The highest BCUT2D eigenvalue weighted by Crippen LogP contribution is 2.23. The summed E-state index contributed by atoms with van der Waals surface area (Å²) in [6.45, 7) is 3.95. The molecule has 3 nitrogen and oxygen atoms in total. The standard InChI is InChI=1S/C12H13NO2/c1-7-4-5-10-9(6-7)8(2)11(13-10)12(14)15-3/h4-6,13H,1-3H3. The molecule has 1 aromatic heterocycles. The summed E-state index contributed by atoms with van der Waals surface area (Å²) < 4.78 is 4.71. The number of H-pyrrole nitrogens is 1. The molecule has 0 fully saturated rings. The predicted octanol–water partition coefficient (Wildman–Crippen LogP) is 2.57. The maximum atomic E-state index is 11.4. The lowest BCUT2D eigenvalue weighted by atomic mass is 10.1. The summed E-state index contributed by atoms with van der Waals surface area (Å²) in [5.41, 5.74) is 3.64. The third-order valence-corrected chi connectivity index (χ3v) is 2.60. The van der Waals surface area contributed by atoms with Gasteiger partial charge in [0.05, 0.1) is 7.11 Å². The third-order valence-electron chi connectivity index (χ3n) is 2.60. The fraction of sp³-hybridized carbons (Fsp3) is 0.250. The van der Waals surface area contributed by atoms with Crippen molar-refractivity contribution in [2.24, 2.45) is 0 Å². The number of benzene rings is 1. The molecule has 0 spiro atoms. The Morgan fingerprint density at radius 3 is 2.73 bits per heavy atom. The fourth-order valence-corrected chi connectivity index (χ4v) is 1.75. The lowest BCUT2D eigenvalue weighted by molar-refractivity contribution is 0.0594. The minimum atomic E-state index is -0.318. The number of aryl methyl sites for hydroxylation is 2. The number of aromatic amines is 1. The number of carbonyl (C=O) groups excluding carboxylic acids is 1. The monoisotopic (exact) mass is 203 g/mol. The van der Waals surface area contributed by atoms with Crippen LogP contribution in [0.15, 0.2) is 18.2 Å². The number of esters is 1. The molecule has 3 heteroatoms. The zero-order valence-corrected chi connectivity index (χ0v) is 9.05. The van der Waals surface area contributed by atoms with E-state index < -0.39 is 0 Å². The number of hydrogen-bond acceptors (Lipinski definition) is 2. The summed E-state index contributed by atoms with van der Waals surface area (Å²) >= 11 is 0. The van der Waals surface area contributed by atoms with E-state index in [0.717, 1.165) is 16.5 Å². The van der Waals surface area contributed by atoms with Gasteiger partial charge in [0.25, 0.3) is 0 Å². The molecule has 2 rings (SSSR count). The Hall–Kier alpha value is -1.77. The molecule has 0 saturated heterocycles. The molecule has 1 heterocycles. The van der Waals surface area contributed by atoms with E-state index in [1.807, 2.05) is 26.0 Å². The van der Waals surface area contributed by atoms with Crippen LogP contribution in [0.3, 0.4) is 0 Å². The van der Waals surface area contributed by atoms with Crippen LogP contribution in [-0.2, 0) is 4.74 Å². The molecule has 0 aliphatic carbocycles. The lowest BCUT2D eigenvalue weighted by Gasteiger charge is -1.96. The first kappa shape index (κ1) is 9.77. The number of ether oxygens (including phenoxy) is 1. The minimum Gasteiger partial charge on any atom is -0.464 e. The summed E-state index contributed by atoms with van der Waals surface area (Å²) in [5, 5.41) is 1.08. The Kier molecular flexibility index (Phi) is 2.23. The van der Waals surface area contributed by atoms with Gasteiger partial charge in [0.2, 0.25) is 0 Å². The number of methoxy groups -OCH3 is 1. The molecule has 0 amide bonds. The van der Waals surface area contributed by atoms with Crippen molar-refractivity contribution in [3.05, 3.63) is 35.0 Å². The average Bonchev–Trinajstić information content (AvgIpc) is 2.55. The van der Waals surface area contributed by atoms with E-state index in [9.17, 15) is 4.79 Å². The topological polar surface area (TPSA) is 42.1 Å². The van der Waals surface area contributed by atoms with E-state index in [1.54, 1.807) is 0 Å². The molecule has 0 radical (unpaired) electrons. The van der Waals surface area contributed by atoms with Crippen LogP contribution < -0.4 is 0 Å². The van der Waals surface area contributed by atoms with Gasteiger partial charge in [-0.1, -0.05) is 11.6 Å². The van der Waals surface area contributed by atoms with E-state index >= 15 is 0 Å². The normalized spacial score (nSPS) is 10.6. The quantitative estimate of drug-likeness (QED) is 0.724. The van der Waals surface area contributed by atoms with Crippen LogP contribution in [0.2, 0.25) is 0 Å². The van der Waals surface area contributed by atoms with Crippen molar-refractivity contribution in [1.29, 1.82) is 0 Å². The van der Waals surface area contributed by atoms with Crippen LogP contribution in [0.5, 0.6) is 0 Å². The van der Waals surface area contributed by atoms with Crippen LogP contribution in [0.25, 0.3) is 10.9 Å². The van der Waals surface area contributed by atoms with E-state index in [4.69, 9.17) is 4.74 Å². The summed E-state index contributed by atoms with van der Waals surface area (Å²) in [5.74, 6) is -0.318. The first-order valence-corrected chi connectivity index (χ1v) is 4.80. The van der Waals surface area contributed by atoms with Crippen molar-refractivity contribution in [2.75, 3.05) is 7.11 Å². The van der Waals surface area contributed by atoms with Gasteiger partial charge >= 0.3 is 5.97 Å². The van der Waals surface area contributed by atoms with Gasteiger partial charge in [-0.05, 0) is 31.5 Å². The molecule has 0 atom stereocenters. The number of rotatable bonds is 1. The van der Waals surface area contributed by atoms with Crippen LogP contribution in [0, 0.1) is 13.8 Å². The summed E-state index contributed by atoms with van der Waals surface area (Å²) in [6.07, 6.45) is 0. The van der Waals surface area contributed by atoms with Gasteiger partial charge in [-0.3, -0.25) is 0 Å². The molecule has 0 saturated carbocycles. The number of nitrogens with one attached hydrogen (secondary N) is 1. The second-order valence-corrected chi connectivity index (χ2v) is 3.67. The van der Waals surface area contributed by atoms with Gasteiger partial charge < -0.3 is 9.72 Å². The zero-order valence-electron chi connectivity index (χ0n) is 9.05. The van der Waals surface area contributed by atoms with Crippen molar-refractivity contribution in [1.82, 2.24) is 4.98 Å². The maximum Gasteiger partial charge on any atom is 0.354 e. The van der Waals surface area contributed by atoms with Gasteiger partial charge in [-0.15, -0.1) is 0 Å². The van der Waals surface area contributed by atoms with Crippen molar-refractivity contribution < 1.29 is 9.53 Å². The van der Waals surface area contributed by atoms with Gasteiger partial charge in [-0.2, -0.15) is 0 Å². The molecular weight excluding hydrogens is 190 g/mol. The van der Waals surface area contributed by atoms with Crippen molar-refractivity contribution in [2.45, 2.75) is 13.8 Å². The molecule has 0 unspecified atom stereocenters. The fourth-order valence-electron chi connectivity index (χ4n) is 1.75. The average molecular weight is 203 g/mol. The maximum absolute atomic E-state index is 11.4. The van der Waals surface area contributed by atoms with E-state index in [1.165, 1.54) is 12.7 Å². The van der Waals surface area contributed by atoms with Crippen molar-refractivity contribution in [3.8, 4) is 0 Å². The van der Waals surface area contributed by atoms with Gasteiger partial charge in [0, 0.05) is 10.9 Å². The van der Waals surface area contributed by atoms with Crippen LogP contribution in [0.4, 0.5) is 0 Å². The highest BCUT2D eigenvalue weighted by molar-refractivity contribution is 5.98. The third kappa shape index (κ3) is 1.50. The molecule has 1 N–H and O–H groups in total. The number of carbonyl (C=O) groups is 1. The molecule has 78 valence electrons. The number of aromatic nitrogens is 1. The Morgan fingerprint density at radius 2 is 2.07 bits per heavy atom. The van der Waals surface area contributed by atoms with E-state index in [-0.39, 0.29) is 5.97 Å². The summed E-state index contributed by atoms with van der Waals surface area (Å²) in [6, 6.07) is 6.05. The molecular formula is C12H13NO2. The molecule has 1 aromatic carbocycles. The Bertz CT molecular complexity index is 526. The first-order valence-electron chi connectivity index (χ1n) is 4.80. The van der Waals surface area contributed by atoms with E-state index in [2.05, 4.69) is 11.1 Å². The first-order chi connectivity index (χ1) is 7.13. The Balaban J connectivity index is 2.69. The highest BCUT2D eigenvalue weighted by Gasteiger charge is 2.14. The number of fused-ring (bicyclic) bond motifs is 1. The van der Waals surface area contributed by atoms with Crippen LogP contribution >= 0.6 is 0 Å². The second-order valence-electron chi connectivity index (χ2n) is 3.67. The molecule has 0 bridgehead atoms. The summed E-state index contributed by atoms with van der Waals surface area (Å²) in [4.78, 5) is 14.5. The minimum absolute atomic E-state index is 0.318. The molecule has 15 heavy (non-hydrogen) atoms. The highest BCUT2D eigenvalue weighted by atomic mass is 16.5. The van der Waals surface area contributed by atoms with Gasteiger partial charge in [0.15, 0.2) is 0 Å². The smallest absolute Gasteiger partial charge is 0.354 e. The second kappa shape index (κ2) is 3.42. The van der Waals surface area contributed by atoms with Crippen LogP contribution in [0.1, 0.15) is 21.6 Å². The Labute approximate surface area is 88.1 Å².